The maximum absolute atomic E-state index is 13.9. The van der Waals surface area contributed by atoms with E-state index in [1.54, 1.807) is 37.3 Å². The molecule has 0 radical (unpaired) electrons. The largest absolute Gasteiger partial charge is 0.488 e. The number of halogens is 2. The number of hydrogen-bond acceptors (Lipinski definition) is 7. The maximum Gasteiger partial charge on any atom is 0.338 e. The number of nitrogens with zero attached hydrogens (tertiary/aromatic N) is 2. The Morgan fingerprint density at radius 2 is 1.76 bits per heavy atom. The molecule has 1 aliphatic rings. The molecule has 1 aliphatic heterocycles. The van der Waals surface area contributed by atoms with Crippen LogP contribution in [-0.2, 0) is 20.9 Å². The lowest BCUT2D eigenvalue weighted by atomic mass is 9.96. The van der Waals surface area contributed by atoms with Gasteiger partial charge in [-0.15, -0.1) is 0 Å². The summed E-state index contributed by atoms with van der Waals surface area (Å²) in [6, 6.07) is 21.2. The Labute approximate surface area is 250 Å². The minimum atomic E-state index is -0.743. The third kappa shape index (κ3) is 6.31. The molecule has 1 aromatic heterocycles. The van der Waals surface area contributed by atoms with Crippen LogP contribution in [0.5, 0.6) is 5.75 Å². The summed E-state index contributed by atoms with van der Waals surface area (Å²) in [6.07, 6.45) is 1.78. The fraction of sp³-hybridized carbons (Fsp3) is 0.194. The number of benzene rings is 3. The van der Waals surface area contributed by atoms with Gasteiger partial charge in [0.1, 0.15) is 19.0 Å². The summed E-state index contributed by atoms with van der Waals surface area (Å²) in [5, 5.41) is 1.16. The van der Waals surface area contributed by atoms with Gasteiger partial charge in [0.25, 0.3) is 5.56 Å². The van der Waals surface area contributed by atoms with Crippen molar-refractivity contribution in [3.05, 3.63) is 130 Å². The van der Waals surface area contributed by atoms with E-state index in [9.17, 15) is 9.59 Å². The molecule has 41 heavy (non-hydrogen) atoms. The van der Waals surface area contributed by atoms with Crippen LogP contribution < -0.4 is 19.6 Å². The number of rotatable bonds is 9. The first-order valence-corrected chi connectivity index (χ1v) is 14.3. The lowest BCUT2D eigenvalue weighted by molar-refractivity contribution is -0.140. The number of carbonyl (C=O) groups is 1. The fourth-order valence-electron chi connectivity index (χ4n) is 4.48. The van der Waals surface area contributed by atoms with Gasteiger partial charge in [-0.25, -0.2) is 9.79 Å². The van der Waals surface area contributed by atoms with Crippen molar-refractivity contribution in [1.82, 2.24) is 4.57 Å². The molecule has 5 rings (SSSR count). The first-order chi connectivity index (χ1) is 19.9. The van der Waals surface area contributed by atoms with Crippen LogP contribution >= 0.6 is 34.5 Å². The number of para-hydroxylation sites is 1. The van der Waals surface area contributed by atoms with Crippen LogP contribution in [0.3, 0.4) is 0 Å². The van der Waals surface area contributed by atoms with Crippen molar-refractivity contribution < 1.29 is 19.0 Å². The quantitative estimate of drug-likeness (QED) is 0.190. The highest BCUT2D eigenvalue weighted by Gasteiger charge is 2.33. The van der Waals surface area contributed by atoms with E-state index in [1.165, 1.54) is 23.0 Å². The summed E-state index contributed by atoms with van der Waals surface area (Å²) >= 11 is 13.7. The predicted octanol–water partition coefficient (Wildman–Crippen LogP) is 5.31. The smallest absolute Gasteiger partial charge is 0.338 e. The average molecular weight is 610 g/mol. The van der Waals surface area contributed by atoms with Gasteiger partial charge < -0.3 is 14.2 Å². The standard InChI is InChI=1S/C31H26Cl2N2O5S/c1-19-27(30(37)39-16-15-38-2)28(20-11-13-23(32)14-12-20)35-29(36)26(41-31(35)34-19)17-21-7-4-6-10-25(21)40-18-22-8-3-5-9-24(22)33/h3-14,17,28H,15-16,18H2,1-2H3. The zero-order valence-corrected chi connectivity index (χ0v) is 24.6. The molecule has 0 amide bonds. The fourth-order valence-corrected chi connectivity index (χ4v) is 5.84. The van der Waals surface area contributed by atoms with E-state index < -0.39 is 12.0 Å². The second-order valence-electron chi connectivity index (χ2n) is 9.18. The van der Waals surface area contributed by atoms with E-state index in [0.717, 1.165) is 11.1 Å². The number of esters is 1. The molecule has 1 atom stereocenters. The van der Waals surface area contributed by atoms with Gasteiger partial charge in [-0.2, -0.15) is 0 Å². The number of hydrogen-bond donors (Lipinski definition) is 0. The predicted molar refractivity (Wildman–Crippen MR) is 160 cm³/mol. The molecule has 0 spiro atoms. The summed E-state index contributed by atoms with van der Waals surface area (Å²) < 4.78 is 18.6. The van der Waals surface area contributed by atoms with Crippen molar-refractivity contribution in [3.8, 4) is 5.75 Å². The number of thiazole rings is 1. The Morgan fingerprint density at radius 1 is 1.02 bits per heavy atom. The second kappa shape index (κ2) is 12.9. The Balaban J connectivity index is 1.57. The molecule has 0 bridgehead atoms. The van der Waals surface area contributed by atoms with Gasteiger partial charge in [0.05, 0.1) is 28.5 Å². The van der Waals surface area contributed by atoms with Crippen molar-refractivity contribution in [2.75, 3.05) is 20.3 Å². The number of carbonyl (C=O) groups excluding carboxylic acids is 1. The average Bonchev–Trinajstić information content (AvgIpc) is 3.27. The van der Waals surface area contributed by atoms with Gasteiger partial charge in [0.2, 0.25) is 0 Å². The zero-order chi connectivity index (χ0) is 28.9. The minimum absolute atomic E-state index is 0.0782. The van der Waals surface area contributed by atoms with Crippen LogP contribution in [0.1, 0.15) is 29.7 Å². The maximum atomic E-state index is 13.9. The minimum Gasteiger partial charge on any atom is -0.488 e. The van der Waals surface area contributed by atoms with E-state index in [0.29, 0.717) is 36.4 Å². The van der Waals surface area contributed by atoms with Gasteiger partial charge in [-0.3, -0.25) is 9.36 Å². The highest BCUT2D eigenvalue weighted by molar-refractivity contribution is 7.07. The molecule has 7 nitrogen and oxygen atoms in total. The molecule has 4 aromatic rings. The van der Waals surface area contributed by atoms with E-state index in [1.807, 2.05) is 48.5 Å². The van der Waals surface area contributed by atoms with E-state index in [2.05, 4.69) is 4.99 Å². The lowest BCUT2D eigenvalue weighted by Crippen LogP contribution is -2.40. The van der Waals surface area contributed by atoms with Crippen molar-refractivity contribution in [2.45, 2.75) is 19.6 Å². The summed E-state index contributed by atoms with van der Waals surface area (Å²) in [6.45, 7) is 2.34. The topological polar surface area (TPSA) is 79.1 Å². The van der Waals surface area contributed by atoms with Crippen LogP contribution in [-0.4, -0.2) is 30.9 Å². The van der Waals surface area contributed by atoms with Crippen molar-refractivity contribution in [1.29, 1.82) is 0 Å². The van der Waals surface area contributed by atoms with Crippen molar-refractivity contribution in [2.24, 2.45) is 4.99 Å². The molecule has 0 fully saturated rings. The number of allylic oxidation sites excluding steroid dienone is 1. The van der Waals surface area contributed by atoms with Gasteiger partial charge in [0.15, 0.2) is 4.80 Å². The molecule has 0 saturated heterocycles. The Bertz CT molecular complexity index is 1790. The Kier molecular flexibility index (Phi) is 9.05. The monoisotopic (exact) mass is 608 g/mol. The van der Waals surface area contributed by atoms with E-state index in [4.69, 9.17) is 37.4 Å². The SMILES string of the molecule is COCCOC(=O)C1=C(C)N=c2sc(=Cc3ccccc3OCc3ccccc3Cl)c(=O)n2C1c1ccc(Cl)cc1. The molecule has 1 unspecified atom stereocenters. The summed E-state index contributed by atoms with van der Waals surface area (Å²) in [5.41, 5.74) is 2.76. The first kappa shape index (κ1) is 28.8. The van der Waals surface area contributed by atoms with E-state index in [-0.39, 0.29) is 31.0 Å². The molecule has 210 valence electrons. The molecule has 0 N–H and O–H groups in total. The molecule has 3 aromatic carbocycles. The Morgan fingerprint density at radius 3 is 2.51 bits per heavy atom. The van der Waals surface area contributed by atoms with Gasteiger partial charge in [-0.05, 0) is 42.8 Å². The van der Waals surface area contributed by atoms with Crippen LogP contribution in [0.15, 0.2) is 93.9 Å². The number of methoxy groups -OCH3 is 1. The molecular weight excluding hydrogens is 583 g/mol. The summed E-state index contributed by atoms with van der Waals surface area (Å²) in [4.78, 5) is 32.3. The second-order valence-corrected chi connectivity index (χ2v) is 11.0. The first-order valence-electron chi connectivity index (χ1n) is 12.8. The van der Waals surface area contributed by atoms with Crippen LogP contribution in [0.25, 0.3) is 6.08 Å². The highest BCUT2D eigenvalue weighted by Crippen LogP contribution is 2.31. The molecule has 2 heterocycles. The number of ether oxygens (including phenoxy) is 3. The van der Waals surface area contributed by atoms with Crippen molar-refractivity contribution >= 4 is 46.6 Å². The van der Waals surface area contributed by atoms with Gasteiger partial charge >= 0.3 is 5.97 Å². The number of fused-ring (bicyclic) bond motifs is 1. The highest BCUT2D eigenvalue weighted by atomic mass is 35.5. The molecule has 0 aliphatic carbocycles. The summed E-state index contributed by atoms with van der Waals surface area (Å²) in [7, 11) is 1.53. The zero-order valence-electron chi connectivity index (χ0n) is 22.3. The van der Waals surface area contributed by atoms with Gasteiger partial charge in [0, 0.05) is 28.3 Å². The van der Waals surface area contributed by atoms with Gasteiger partial charge in [-0.1, -0.05) is 83.1 Å². The van der Waals surface area contributed by atoms with Crippen molar-refractivity contribution in [3.63, 3.8) is 0 Å². The van der Waals surface area contributed by atoms with Crippen LogP contribution in [0, 0.1) is 0 Å². The lowest BCUT2D eigenvalue weighted by Gasteiger charge is -2.24. The third-order valence-corrected chi connectivity index (χ3v) is 8.10. The molecule has 0 saturated carbocycles. The molecule has 10 heteroatoms. The third-order valence-electron chi connectivity index (χ3n) is 6.49. The molecular formula is C31H26Cl2N2O5S. The van der Waals surface area contributed by atoms with Crippen LogP contribution in [0.4, 0.5) is 0 Å². The van der Waals surface area contributed by atoms with E-state index >= 15 is 0 Å². The number of aromatic nitrogens is 1. The summed E-state index contributed by atoms with van der Waals surface area (Å²) in [5.74, 6) is 0.0435. The normalized spacial score (nSPS) is 14.9. The Hall–Kier alpha value is -3.69. The van der Waals surface area contributed by atoms with Crippen LogP contribution in [0.2, 0.25) is 10.0 Å².